The molecule has 0 aliphatic carbocycles. The number of rotatable bonds is 16. The Morgan fingerprint density at radius 1 is 0.677 bits per heavy atom. The minimum Gasteiger partial charge on any atom is -0.449 e. The van der Waals surface area contributed by atoms with E-state index in [9.17, 15) is 9.59 Å². The first-order valence-electron chi connectivity index (χ1n) is 11.7. The summed E-state index contributed by atoms with van der Waals surface area (Å²) in [5, 5.41) is 8.75. The predicted molar refractivity (Wildman–Crippen MR) is 126 cm³/mol. The molecule has 2 amide bonds. The first-order chi connectivity index (χ1) is 15.0. The Bertz CT molecular complexity index is 576. The molecule has 1 rings (SSSR count). The van der Waals surface area contributed by atoms with Gasteiger partial charge >= 0.3 is 12.2 Å². The standard InChI is InChI=1S/C22H40N4O4S/c1-5-7-9-11-13-15-17-29-21(27)25(3)19-23-24-20(31-19)26(4)22(28)30-18-16-14-12-10-8-6-2/h5-18H2,1-4H3. The summed E-state index contributed by atoms with van der Waals surface area (Å²) in [7, 11) is 3.18. The van der Waals surface area contributed by atoms with Gasteiger partial charge in [-0.1, -0.05) is 89.4 Å². The lowest BCUT2D eigenvalue weighted by molar-refractivity contribution is 0.151. The molecule has 0 spiro atoms. The van der Waals surface area contributed by atoms with Gasteiger partial charge in [0.05, 0.1) is 13.2 Å². The fourth-order valence-corrected chi connectivity index (χ4v) is 3.66. The minimum atomic E-state index is -0.468. The molecule has 178 valence electrons. The van der Waals surface area contributed by atoms with Crippen LogP contribution in [0.15, 0.2) is 0 Å². The SMILES string of the molecule is CCCCCCCCOC(=O)N(C)c1nnc(N(C)C(=O)OCCCCCCCC)s1. The molecule has 0 saturated heterocycles. The molecule has 0 bridgehead atoms. The van der Waals surface area contributed by atoms with E-state index >= 15 is 0 Å². The Kier molecular flexibility index (Phi) is 14.7. The molecule has 0 aromatic carbocycles. The molecule has 31 heavy (non-hydrogen) atoms. The normalized spacial score (nSPS) is 10.7. The summed E-state index contributed by atoms with van der Waals surface area (Å²) in [4.78, 5) is 27.0. The highest BCUT2D eigenvalue weighted by Crippen LogP contribution is 2.26. The monoisotopic (exact) mass is 456 g/mol. The molecule has 0 atom stereocenters. The number of carbonyl (C=O) groups is 2. The summed E-state index contributed by atoms with van der Waals surface area (Å²) in [6.45, 7) is 5.17. The molecular formula is C22H40N4O4S. The average molecular weight is 457 g/mol. The van der Waals surface area contributed by atoms with Crippen molar-refractivity contribution in [2.45, 2.75) is 90.9 Å². The fraction of sp³-hybridized carbons (Fsp3) is 0.818. The van der Waals surface area contributed by atoms with Crippen LogP contribution in [-0.4, -0.2) is 49.7 Å². The van der Waals surface area contributed by atoms with Crippen molar-refractivity contribution in [3.05, 3.63) is 0 Å². The summed E-state index contributed by atoms with van der Waals surface area (Å²) >= 11 is 1.14. The lowest BCUT2D eigenvalue weighted by Gasteiger charge is -2.14. The second-order valence-electron chi connectivity index (χ2n) is 7.75. The minimum absolute atomic E-state index is 0.374. The first-order valence-corrected chi connectivity index (χ1v) is 12.5. The highest BCUT2D eigenvalue weighted by Gasteiger charge is 2.21. The molecule has 0 aliphatic heterocycles. The molecule has 0 N–H and O–H groups in total. The molecule has 1 aromatic heterocycles. The third kappa shape index (κ3) is 11.3. The maximum Gasteiger partial charge on any atom is 0.415 e. The van der Waals surface area contributed by atoms with Crippen molar-refractivity contribution in [2.24, 2.45) is 0 Å². The number of aromatic nitrogens is 2. The van der Waals surface area contributed by atoms with Gasteiger partial charge in [0, 0.05) is 14.1 Å². The number of amides is 2. The van der Waals surface area contributed by atoms with Crippen LogP contribution in [0, 0.1) is 0 Å². The Labute approximate surface area is 191 Å². The van der Waals surface area contributed by atoms with Crippen molar-refractivity contribution in [2.75, 3.05) is 37.1 Å². The van der Waals surface area contributed by atoms with Gasteiger partial charge < -0.3 is 9.47 Å². The van der Waals surface area contributed by atoms with E-state index in [4.69, 9.17) is 9.47 Å². The van der Waals surface area contributed by atoms with Crippen molar-refractivity contribution in [3.63, 3.8) is 0 Å². The summed E-state index contributed by atoms with van der Waals surface area (Å²) in [6, 6.07) is 0. The van der Waals surface area contributed by atoms with Gasteiger partial charge in [-0.15, -0.1) is 10.2 Å². The van der Waals surface area contributed by atoms with Crippen LogP contribution in [-0.2, 0) is 9.47 Å². The molecule has 8 nitrogen and oxygen atoms in total. The largest absolute Gasteiger partial charge is 0.449 e. The molecular weight excluding hydrogens is 416 g/mol. The van der Waals surface area contributed by atoms with Crippen LogP contribution in [0.1, 0.15) is 90.9 Å². The van der Waals surface area contributed by atoms with E-state index in [0.717, 1.165) is 37.0 Å². The summed E-state index contributed by atoms with van der Waals surface area (Å²) in [5.74, 6) is 0. The summed E-state index contributed by atoms with van der Waals surface area (Å²) in [6.07, 6.45) is 12.6. The Morgan fingerprint density at radius 2 is 1.03 bits per heavy atom. The third-order valence-electron chi connectivity index (χ3n) is 4.97. The van der Waals surface area contributed by atoms with Gasteiger partial charge in [0.2, 0.25) is 10.3 Å². The maximum atomic E-state index is 12.2. The first kappa shape index (κ1) is 27.1. The van der Waals surface area contributed by atoms with Gasteiger partial charge in [-0.25, -0.2) is 9.59 Å². The number of unbranched alkanes of at least 4 members (excludes halogenated alkanes) is 10. The van der Waals surface area contributed by atoms with E-state index in [0.29, 0.717) is 23.5 Å². The smallest absolute Gasteiger partial charge is 0.415 e. The van der Waals surface area contributed by atoms with Crippen LogP contribution >= 0.6 is 11.3 Å². The number of carbonyl (C=O) groups excluding carboxylic acids is 2. The zero-order valence-electron chi connectivity index (χ0n) is 19.7. The van der Waals surface area contributed by atoms with Gasteiger partial charge in [-0.3, -0.25) is 9.80 Å². The van der Waals surface area contributed by atoms with Crippen molar-refractivity contribution in [1.29, 1.82) is 0 Å². The van der Waals surface area contributed by atoms with Gasteiger partial charge in [0.15, 0.2) is 0 Å². The average Bonchev–Trinajstić information content (AvgIpc) is 3.26. The molecule has 0 radical (unpaired) electrons. The van der Waals surface area contributed by atoms with E-state index < -0.39 is 12.2 Å². The van der Waals surface area contributed by atoms with E-state index in [-0.39, 0.29) is 0 Å². The summed E-state index contributed by atoms with van der Waals surface area (Å²) in [5.41, 5.74) is 0. The molecule has 0 saturated carbocycles. The lowest BCUT2D eigenvalue weighted by Crippen LogP contribution is -2.27. The van der Waals surface area contributed by atoms with Crippen LogP contribution < -0.4 is 9.80 Å². The molecule has 9 heteroatoms. The highest BCUT2D eigenvalue weighted by molar-refractivity contribution is 7.19. The van der Waals surface area contributed by atoms with Gasteiger partial charge in [-0.05, 0) is 12.8 Å². The van der Waals surface area contributed by atoms with Crippen LogP contribution in [0.2, 0.25) is 0 Å². The number of nitrogens with zero attached hydrogens (tertiary/aromatic N) is 4. The Hall–Kier alpha value is -1.90. The predicted octanol–water partition coefficient (Wildman–Crippen LogP) is 6.40. The molecule has 0 fully saturated rings. The van der Waals surface area contributed by atoms with E-state index in [2.05, 4.69) is 24.0 Å². The van der Waals surface area contributed by atoms with Crippen LogP contribution in [0.5, 0.6) is 0 Å². The number of anilines is 2. The second-order valence-corrected chi connectivity index (χ2v) is 8.68. The van der Waals surface area contributed by atoms with Gasteiger partial charge in [-0.2, -0.15) is 0 Å². The van der Waals surface area contributed by atoms with Gasteiger partial charge in [0.1, 0.15) is 0 Å². The molecule has 1 heterocycles. The number of hydrogen-bond donors (Lipinski definition) is 0. The quantitative estimate of drug-likeness (QED) is 0.267. The maximum absolute atomic E-state index is 12.2. The van der Waals surface area contributed by atoms with Crippen LogP contribution in [0.25, 0.3) is 0 Å². The zero-order chi connectivity index (χ0) is 22.9. The second kappa shape index (κ2) is 16.8. The van der Waals surface area contributed by atoms with Crippen molar-refractivity contribution in [1.82, 2.24) is 10.2 Å². The topological polar surface area (TPSA) is 84.9 Å². The van der Waals surface area contributed by atoms with E-state index in [1.54, 1.807) is 14.1 Å². The number of hydrogen-bond acceptors (Lipinski definition) is 7. The summed E-state index contributed by atoms with van der Waals surface area (Å²) < 4.78 is 10.6. The van der Waals surface area contributed by atoms with Crippen molar-refractivity contribution < 1.29 is 19.1 Å². The molecule has 0 unspecified atom stereocenters. The van der Waals surface area contributed by atoms with Crippen LogP contribution in [0.4, 0.5) is 19.9 Å². The zero-order valence-corrected chi connectivity index (χ0v) is 20.5. The van der Waals surface area contributed by atoms with E-state index in [1.165, 1.54) is 61.2 Å². The lowest BCUT2D eigenvalue weighted by atomic mass is 10.1. The van der Waals surface area contributed by atoms with Crippen molar-refractivity contribution in [3.8, 4) is 0 Å². The molecule has 0 aliphatic rings. The van der Waals surface area contributed by atoms with Gasteiger partial charge in [0.25, 0.3) is 0 Å². The third-order valence-corrected chi connectivity index (χ3v) is 6.05. The fourth-order valence-electron chi connectivity index (χ4n) is 2.91. The van der Waals surface area contributed by atoms with Crippen molar-refractivity contribution >= 4 is 33.8 Å². The molecule has 1 aromatic rings. The van der Waals surface area contributed by atoms with Crippen LogP contribution in [0.3, 0.4) is 0 Å². The highest BCUT2D eigenvalue weighted by atomic mass is 32.1. The number of ether oxygens (including phenoxy) is 2. The Morgan fingerprint density at radius 3 is 1.42 bits per heavy atom. The Balaban J connectivity index is 2.31. The van der Waals surface area contributed by atoms with E-state index in [1.807, 2.05) is 0 Å².